The molecular formula is C21H22N2O3S2. The summed E-state index contributed by atoms with van der Waals surface area (Å²) in [7, 11) is -3.76. The first kappa shape index (κ1) is 20.3. The van der Waals surface area contributed by atoms with Gasteiger partial charge in [-0.2, -0.15) is 4.31 Å². The van der Waals surface area contributed by atoms with Gasteiger partial charge in [-0.3, -0.25) is 4.79 Å². The van der Waals surface area contributed by atoms with Crippen molar-refractivity contribution in [3.63, 3.8) is 0 Å². The molecule has 2 N–H and O–H groups in total. The molecular weight excluding hydrogens is 392 g/mol. The SMILES string of the molecule is CC(Cc1cccs1)N(Cc1ccccc1)S(=O)(=O)c1ccc(C(N)=O)cc1. The molecule has 0 aliphatic heterocycles. The summed E-state index contributed by atoms with van der Waals surface area (Å²) in [4.78, 5) is 12.6. The highest BCUT2D eigenvalue weighted by atomic mass is 32.2. The van der Waals surface area contributed by atoms with Crippen molar-refractivity contribution in [2.75, 3.05) is 0 Å². The molecule has 1 unspecified atom stereocenters. The van der Waals surface area contributed by atoms with E-state index in [0.717, 1.165) is 10.4 Å². The second-order valence-corrected chi connectivity index (χ2v) is 9.48. The third kappa shape index (κ3) is 4.67. The van der Waals surface area contributed by atoms with Gasteiger partial charge in [0.15, 0.2) is 0 Å². The number of thiophene rings is 1. The number of nitrogens with zero attached hydrogens (tertiary/aromatic N) is 1. The van der Waals surface area contributed by atoms with Crippen LogP contribution in [0.1, 0.15) is 27.7 Å². The van der Waals surface area contributed by atoms with Crippen molar-refractivity contribution in [3.8, 4) is 0 Å². The van der Waals surface area contributed by atoms with Crippen LogP contribution in [0.25, 0.3) is 0 Å². The molecule has 7 heteroatoms. The van der Waals surface area contributed by atoms with Gasteiger partial charge in [0.25, 0.3) is 0 Å². The molecule has 0 aliphatic rings. The van der Waals surface area contributed by atoms with Crippen LogP contribution in [0.2, 0.25) is 0 Å². The van der Waals surface area contributed by atoms with E-state index in [2.05, 4.69) is 0 Å². The molecule has 28 heavy (non-hydrogen) atoms. The third-order valence-electron chi connectivity index (χ3n) is 4.49. The Bertz CT molecular complexity index is 1020. The number of nitrogens with two attached hydrogens (primary N) is 1. The first-order valence-corrected chi connectivity index (χ1v) is 11.2. The molecule has 3 rings (SSSR count). The van der Waals surface area contributed by atoms with E-state index < -0.39 is 15.9 Å². The standard InChI is InChI=1S/C21H22N2O3S2/c1-16(14-19-8-5-13-27-19)23(15-17-6-3-2-4-7-17)28(25,26)20-11-9-18(10-12-20)21(22)24/h2-13,16H,14-15H2,1H3,(H2,22,24). The van der Waals surface area contributed by atoms with Gasteiger partial charge in [-0.15, -0.1) is 11.3 Å². The summed E-state index contributed by atoms with van der Waals surface area (Å²) in [6.07, 6.45) is 0.628. The summed E-state index contributed by atoms with van der Waals surface area (Å²) in [5, 5.41) is 1.99. The quantitative estimate of drug-likeness (QED) is 0.611. The summed E-state index contributed by atoms with van der Waals surface area (Å²) in [6.45, 7) is 2.19. The Morgan fingerprint density at radius 2 is 1.71 bits per heavy atom. The third-order valence-corrected chi connectivity index (χ3v) is 7.37. The number of hydrogen-bond acceptors (Lipinski definition) is 4. The second kappa shape index (κ2) is 8.68. The average Bonchev–Trinajstić information content (AvgIpc) is 3.19. The zero-order chi connectivity index (χ0) is 20.1. The largest absolute Gasteiger partial charge is 0.366 e. The normalized spacial score (nSPS) is 12.8. The summed E-state index contributed by atoms with van der Waals surface area (Å²) in [6, 6.07) is 19.0. The van der Waals surface area contributed by atoms with Crippen molar-refractivity contribution in [2.45, 2.75) is 30.8 Å². The summed E-state index contributed by atoms with van der Waals surface area (Å²) in [5.41, 5.74) is 6.45. The van der Waals surface area contributed by atoms with Crippen molar-refractivity contribution in [1.29, 1.82) is 0 Å². The molecule has 1 aromatic heterocycles. The van der Waals surface area contributed by atoms with E-state index in [-0.39, 0.29) is 23.0 Å². The molecule has 0 saturated carbocycles. The lowest BCUT2D eigenvalue weighted by Crippen LogP contribution is -2.39. The van der Waals surface area contributed by atoms with Gasteiger partial charge in [0.2, 0.25) is 15.9 Å². The summed E-state index contributed by atoms with van der Waals surface area (Å²) < 4.78 is 28.3. The smallest absolute Gasteiger partial charge is 0.248 e. The molecule has 3 aromatic rings. The number of hydrogen-bond donors (Lipinski definition) is 1. The van der Waals surface area contributed by atoms with Crippen molar-refractivity contribution in [2.24, 2.45) is 5.73 Å². The van der Waals surface area contributed by atoms with Crippen LogP contribution in [-0.4, -0.2) is 24.7 Å². The highest BCUT2D eigenvalue weighted by Crippen LogP contribution is 2.24. The number of sulfonamides is 1. The molecule has 1 amide bonds. The van der Waals surface area contributed by atoms with Gasteiger partial charge >= 0.3 is 0 Å². The average molecular weight is 415 g/mol. The maximum atomic E-state index is 13.4. The minimum atomic E-state index is -3.76. The van der Waals surface area contributed by atoms with E-state index in [1.54, 1.807) is 11.3 Å². The zero-order valence-electron chi connectivity index (χ0n) is 15.5. The molecule has 2 aromatic carbocycles. The number of carbonyl (C=O) groups is 1. The van der Waals surface area contributed by atoms with Gasteiger partial charge in [0.05, 0.1) is 4.90 Å². The number of amides is 1. The second-order valence-electron chi connectivity index (χ2n) is 6.56. The van der Waals surface area contributed by atoms with E-state index in [1.165, 1.54) is 28.6 Å². The Morgan fingerprint density at radius 1 is 1.04 bits per heavy atom. The number of rotatable bonds is 8. The van der Waals surface area contributed by atoms with Gasteiger partial charge in [-0.25, -0.2) is 8.42 Å². The molecule has 0 spiro atoms. The van der Waals surface area contributed by atoms with Crippen LogP contribution in [0, 0.1) is 0 Å². The predicted molar refractivity (Wildman–Crippen MR) is 112 cm³/mol. The topological polar surface area (TPSA) is 80.5 Å². The minimum Gasteiger partial charge on any atom is -0.366 e. The minimum absolute atomic E-state index is 0.145. The van der Waals surface area contributed by atoms with Crippen LogP contribution in [0.3, 0.4) is 0 Å². The van der Waals surface area contributed by atoms with Crippen LogP contribution in [0.4, 0.5) is 0 Å². The van der Waals surface area contributed by atoms with Crippen molar-refractivity contribution in [3.05, 3.63) is 88.1 Å². The van der Waals surface area contributed by atoms with Crippen molar-refractivity contribution < 1.29 is 13.2 Å². The first-order chi connectivity index (χ1) is 13.4. The first-order valence-electron chi connectivity index (χ1n) is 8.86. The Balaban J connectivity index is 1.94. The number of benzene rings is 2. The highest BCUT2D eigenvalue weighted by Gasteiger charge is 2.29. The molecule has 0 radical (unpaired) electrons. The van der Waals surface area contributed by atoms with E-state index >= 15 is 0 Å². The highest BCUT2D eigenvalue weighted by molar-refractivity contribution is 7.89. The van der Waals surface area contributed by atoms with Gasteiger partial charge in [-0.05, 0) is 54.6 Å². The van der Waals surface area contributed by atoms with Gasteiger partial charge in [0, 0.05) is 23.0 Å². The maximum absolute atomic E-state index is 13.4. The van der Waals surface area contributed by atoms with Gasteiger partial charge < -0.3 is 5.73 Å². The predicted octanol–water partition coefficient (Wildman–Crippen LogP) is 3.67. The Labute approximate surface area is 169 Å². The molecule has 0 aliphatic carbocycles. The molecule has 0 fully saturated rings. The fraction of sp³-hybridized carbons (Fsp3) is 0.190. The Morgan fingerprint density at radius 3 is 2.29 bits per heavy atom. The number of carbonyl (C=O) groups excluding carboxylic acids is 1. The fourth-order valence-corrected chi connectivity index (χ4v) is 5.43. The molecule has 146 valence electrons. The Hall–Kier alpha value is -2.48. The molecule has 1 atom stereocenters. The molecule has 5 nitrogen and oxygen atoms in total. The summed E-state index contributed by atoms with van der Waals surface area (Å²) >= 11 is 1.61. The maximum Gasteiger partial charge on any atom is 0.248 e. The van der Waals surface area contributed by atoms with Crippen molar-refractivity contribution >= 4 is 27.3 Å². The van der Waals surface area contributed by atoms with Crippen LogP contribution in [0.15, 0.2) is 77.0 Å². The lowest BCUT2D eigenvalue weighted by atomic mass is 10.1. The molecule has 0 saturated heterocycles. The van der Waals surface area contributed by atoms with Crippen LogP contribution >= 0.6 is 11.3 Å². The fourth-order valence-electron chi connectivity index (χ4n) is 2.99. The number of primary amides is 1. The molecule has 0 bridgehead atoms. The monoisotopic (exact) mass is 414 g/mol. The van der Waals surface area contributed by atoms with E-state index in [9.17, 15) is 13.2 Å². The van der Waals surface area contributed by atoms with Gasteiger partial charge in [-0.1, -0.05) is 36.4 Å². The zero-order valence-corrected chi connectivity index (χ0v) is 17.1. The molecule has 1 heterocycles. The van der Waals surface area contributed by atoms with E-state index in [4.69, 9.17) is 5.73 Å². The van der Waals surface area contributed by atoms with Crippen LogP contribution in [-0.2, 0) is 23.0 Å². The lowest BCUT2D eigenvalue weighted by Gasteiger charge is -2.28. The Kier molecular flexibility index (Phi) is 6.28. The summed E-state index contributed by atoms with van der Waals surface area (Å²) in [5.74, 6) is -0.587. The van der Waals surface area contributed by atoms with Crippen LogP contribution in [0.5, 0.6) is 0 Å². The lowest BCUT2D eigenvalue weighted by molar-refractivity contribution is 0.1000. The van der Waals surface area contributed by atoms with E-state index in [1.807, 2.05) is 54.8 Å². The van der Waals surface area contributed by atoms with E-state index in [0.29, 0.717) is 6.42 Å². The van der Waals surface area contributed by atoms with Gasteiger partial charge in [0.1, 0.15) is 0 Å². The van der Waals surface area contributed by atoms with Crippen molar-refractivity contribution in [1.82, 2.24) is 4.31 Å². The van der Waals surface area contributed by atoms with Crippen LogP contribution < -0.4 is 5.73 Å².